The van der Waals surface area contributed by atoms with Crippen LogP contribution < -0.4 is 0 Å². The topological polar surface area (TPSA) is 48.5 Å². The van der Waals surface area contributed by atoms with Crippen LogP contribution in [0, 0.1) is 46.5 Å². The van der Waals surface area contributed by atoms with Crippen molar-refractivity contribution in [3.8, 4) is 6.07 Å². The Morgan fingerprint density at radius 3 is 1.26 bits per heavy atom. The number of aryl methyl sites for hydroxylation is 4. The Kier molecular flexibility index (Phi) is 9.44. The molecule has 5 rings (SSSR count). The van der Waals surface area contributed by atoms with Gasteiger partial charge in [-0.1, -0.05) is 72.8 Å². The van der Waals surface area contributed by atoms with Crippen LogP contribution >= 0.6 is 0 Å². The molecule has 0 fully saturated rings. The van der Waals surface area contributed by atoms with Crippen molar-refractivity contribution in [3.05, 3.63) is 114 Å². The van der Waals surface area contributed by atoms with Gasteiger partial charge < -0.3 is 7.43 Å². The zero-order chi connectivity index (χ0) is 23.5. The molecule has 0 heterocycles. The van der Waals surface area contributed by atoms with E-state index in [-0.39, 0.29) is 27.8 Å². The summed E-state index contributed by atoms with van der Waals surface area (Å²) >= 11 is 0. The van der Waals surface area contributed by atoms with Gasteiger partial charge in [0.15, 0.2) is 0 Å². The number of hydrogen-bond acceptors (Lipinski definition) is 3. The number of nitrogens with zero attached hydrogens (tertiary/aromatic N) is 3. The number of hydrogen-bond donors (Lipinski definition) is 0. The van der Waals surface area contributed by atoms with Crippen molar-refractivity contribution in [2.45, 2.75) is 34.6 Å². The molecule has 4 aromatic carbocycles. The Bertz CT molecular complexity index is 1330. The maximum Gasteiger partial charge on any atom is 0.0979 e. The van der Waals surface area contributed by atoms with E-state index in [9.17, 15) is 0 Å². The molecule has 3 nitrogen and oxygen atoms in total. The summed E-state index contributed by atoms with van der Waals surface area (Å²) in [5, 5.41) is 9.79. The first kappa shape index (κ1) is 27.9. The summed E-state index contributed by atoms with van der Waals surface area (Å²) in [5.74, 6) is 0. The normalized spacial score (nSPS) is 13.5. The summed E-state index contributed by atoms with van der Waals surface area (Å²) in [4.78, 5) is 10.4. The van der Waals surface area contributed by atoms with Gasteiger partial charge in [-0.05, 0) is 55.3 Å². The van der Waals surface area contributed by atoms with Gasteiger partial charge in [-0.15, -0.1) is 0 Å². The second-order valence-corrected chi connectivity index (χ2v) is 8.33. The fraction of sp³-hybridized carbons (Fsp3) is 0.161. The molecule has 0 atom stereocenters. The molecule has 0 amide bonds. The van der Waals surface area contributed by atoms with Crippen LogP contribution in [0.2, 0.25) is 0 Å². The van der Waals surface area contributed by atoms with Gasteiger partial charge >= 0.3 is 0 Å². The minimum absolute atomic E-state index is 0. The van der Waals surface area contributed by atoms with Crippen LogP contribution in [0.15, 0.2) is 82.8 Å². The number of benzene rings is 4. The molecule has 0 unspecified atom stereocenters. The quantitative estimate of drug-likeness (QED) is 0.183. The van der Waals surface area contributed by atoms with Crippen molar-refractivity contribution in [3.63, 3.8) is 0 Å². The van der Waals surface area contributed by atoms with E-state index >= 15 is 0 Å². The minimum atomic E-state index is 0. The SMILES string of the molecule is CC#N.Cc1cccc(C)c1N=C1C(=Nc2c(C)cccc2C)c2cccc3cccc1c23.[CH3-].[Pd]. The monoisotopic (exact) mass is 550 g/mol. The van der Waals surface area contributed by atoms with E-state index in [2.05, 4.69) is 100 Å². The third-order valence-electron chi connectivity index (χ3n) is 5.97. The van der Waals surface area contributed by atoms with Gasteiger partial charge in [0.05, 0.1) is 28.9 Å². The molecule has 0 aliphatic heterocycles. The van der Waals surface area contributed by atoms with Crippen molar-refractivity contribution >= 4 is 33.6 Å². The molecule has 4 heteroatoms. The Morgan fingerprint density at radius 2 is 0.914 bits per heavy atom. The van der Waals surface area contributed by atoms with Gasteiger partial charge in [0, 0.05) is 43.9 Å². The van der Waals surface area contributed by atoms with Gasteiger partial charge in [0.25, 0.3) is 0 Å². The zero-order valence-electron chi connectivity index (χ0n) is 21.1. The number of para-hydroxylation sites is 2. The third-order valence-corrected chi connectivity index (χ3v) is 5.97. The van der Waals surface area contributed by atoms with Crippen LogP contribution in [-0.2, 0) is 20.4 Å². The second-order valence-electron chi connectivity index (χ2n) is 8.33. The molecule has 4 aromatic rings. The maximum atomic E-state index is 7.32. The summed E-state index contributed by atoms with van der Waals surface area (Å²) in [5.41, 5.74) is 11.0. The smallest absolute Gasteiger partial charge is 0.0979 e. The maximum absolute atomic E-state index is 7.32. The molecule has 0 radical (unpaired) electrons. The first-order valence-electron chi connectivity index (χ1n) is 11.1. The van der Waals surface area contributed by atoms with E-state index in [1.807, 2.05) is 0 Å². The van der Waals surface area contributed by atoms with Gasteiger partial charge in [-0.3, -0.25) is 0 Å². The molecule has 1 aliphatic carbocycles. The van der Waals surface area contributed by atoms with Crippen LogP contribution in [0.1, 0.15) is 40.3 Å². The zero-order valence-corrected chi connectivity index (χ0v) is 22.6. The molecule has 0 saturated heterocycles. The molecule has 0 aromatic heterocycles. The minimum Gasteiger partial charge on any atom is -0.358 e. The predicted octanol–water partition coefficient (Wildman–Crippen LogP) is 8.31. The predicted molar refractivity (Wildman–Crippen MR) is 146 cm³/mol. The van der Waals surface area contributed by atoms with E-state index in [1.54, 1.807) is 6.07 Å². The summed E-state index contributed by atoms with van der Waals surface area (Å²) in [6, 6.07) is 27.3. The number of aliphatic imine (C=N–C) groups is 2. The number of nitriles is 1. The summed E-state index contributed by atoms with van der Waals surface area (Å²) < 4.78 is 0. The second kappa shape index (κ2) is 11.9. The average Bonchev–Trinajstić information content (AvgIpc) is 3.09. The van der Waals surface area contributed by atoms with Crippen molar-refractivity contribution in [1.29, 1.82) is 5.26 Å². The summed E-state index contributed by atoms with van der Waals surface area (Å²) in [6.07, 6.45) is 0. The Hall–Kier alpha value is -3.37. The largest absolute Gasteiger partial charge is 0.358 e. The van der Waals surface area contributed by atoms with E-state index in [0.29, 0.717) is 0 Å². The van der Waals surface area contributed by atoms with Crippen LogP contribution in [0.4, 0.5) is 11.4 Å². The van der Waals surface area contributed by atoms with E-state index in [4.69, 9.17) is 15.2 Å². The standard InChI is InChI=1S/C28H24N2.C2H3N.CH3.Pd/c1-17-9-5-10-18(2)25(17)29-27-22-15-7-13-21-14-8-16-23(24(21)22)28(27)30-26-19(3)11-6-12-20(26)4;1-2-3;;/h5-16H,1-4H3;1H3;1H3;/q;;-1;. The molecular weight excluding hydrogens is 521 g/mol. The Balaban J connectivity index is 0.000000823. The summed E-state index contributed by atoms with van der Waals surface area (Å²) in [7, 11) is 0. The number of rotatable bonds is 2. The third kappa shape index (κ3) is 5.33. The van der Waals surface area contributed by atoms with Crippen LogP contribution in [-0.4, -0.2) is 11.4 Å². The van der Waals surface area contributed by atoms with Gasteiger partial charge in [0.1, 0.15) is 0 Å². The Labute approximate surface area is 222 Å². The molecule has 1 aliphatic rings. The van der Waals surface area contributed by atoms with Crippen molar-refractivity contribution in [2.24, 2.45) is 9.98 Å². The molecular formula is C31H30N3Pd-. The van der Waals surface area contributed by atoms with E-state index in [1.165, 1.54) is 39.9 Å². The van der Waals surface area contributed by atoms with Gasteiger partial charge in [-0.2, -0.15) is 5.26 Å². The molecule has 180 valence electrons. The van der Waals surface area contributed by atoms with Gasteiger partial charge in [-0.25, -0.2) is 9.98 Å². The van der Waals surface area contributed by atoms with Crippen LogP contribution in [0.25, 0.3) is 10.8 Å². The first-order chi connectivity index (χ1) is 16.0. The Morgan fingerprint density at radius 1 is 0.600 bits per heavy atom. The molecule has 0 saturated carbocycles. The van der Waals surface area contributed by atoms with Gasteiger partial charge in [0.2, 0.25) is 0 Å². The fourth-order valence-electron chi connectivity index (χ4n) is 4.40. The fourth-order valence-corrected chi connectivity index (χ4v) is 4.40. The molecule has 0 spiro atoms. The average molecular weight is 551 g/mol. The van der Waals surface area contributed by atoms with E-state index in [0.717, 1.165) is 33.9 Å². The molecule has 0 N–H and O–H groups in total. The van der Waals surface area contributed by atoms with Crippen LogP contribution in [0.5, 0.6) is 0 Å². The molecule has 35 heavy (non-hydrogen) atoms. The van der Waals surface area contributed by atoms with Crippen molar-refractivity contribution in [2.75, 3.05) is 0 Å². The van der Waals surface area contributed by atoms with E-state index < -0.39 is 0 Å². The van der Waals surface area contributed by atoms with Crippen molar-refractivity contribution < 1.29 is 20.4 Å². The first-order valence-corrected chi connectivity index (χ1v) is 11.1. The van der Waals surface area contributed by atoms with Crippen LogP contribution in [0.3, 0.4) is 0 Å². The van der Waals surface area contributed by atoms with Crippen molar-refractivity contribution in [1.82, 2.24) is 0 Å². The summed E-state index contributed by atoms with van der Waals surface area (Å²) in [6.45, 7) is 9.92. The molecule has 0 bridgehead atoms.